The molecule has 3 rings (SSSR count). The van der Waals surface area contributed by atoms with Gasteiger partial charge in [0.25, 0.3) is 5.91 Å². The summed E-state index contributed by atoms with van der Waals surface area (Å²) in [5, 5.41) is 6.87. The van der Waals surface area contributed by atoms with Crippen LogP contribution < -0.4 is 20.2 Å². The van der Waals surface area contributed by atoms with Gasteiger partial charge >= 0.3 is 0 Å². The first kappa shape index (κ1) is 18.1. The summed E-state index contributed by atoms with van der Waals surface area (Å²) in [6, 6.07) is 11.8. The number of pyridine rings is 1. The third kappa shape index (κ3) is 4.12. The number of nitrogens with one attached hydrogen (secondary N) is 1. The molecule has 3 aromatic rings. The van der Waals surface area contributed by atoms with Crippen molar-refractivity contribution in [1.82, 2.24) is 20.1 Å². The van der Waals surface area contributed by atoms with E-state index in [4.69, 9.17) is 9.47 Å². The highest BCUT2D eigenvalue weighted by molar-refractivity contribution is 5.92. The van der Waals surface area contributed by atoms with Crippen LogP contribution >= 0.6 is 0 Å². The largest absolute Gasteiger partial charge is 0.497 e. The Bertz CT molecular complexity index is 985. The minimum absolute atomic E-state index is 0.217. The topological polar surface area (TPSA) is 95.3 Å². The van der Waals surface area contributed by atoms with E-state index in [0.29, 0.717) is 11.4 Å². The van der Waals surface area contributed by atoms with E-state index in [9.17, 15) is 9.59 Å². The highest BCUT2D eigenvalue weighted by atomic mass is 16.5. The molecule has 0 saturated heterocycles. The van der Waals surface area contributed by atoms with Crippen LogP contribution in [0.5, 0.6) is 11.6 Å². The second kappa shape index (κ2) is 8.13. The number of rotatable bonds is 6. The van der Waals surface area contributed by atoms with Gasteiger partial charge in [-0.2, -0.15) is 5.10 Å². The lowest BCUT2D eigenvalue weighted by Crippen LogP contribution is -2.31. The molecule has 0 atom stereocenters. The molecule has 0 aliphatic rings. The smallest absolute Gasteiger partial charge is 0.276 e. The van der Waals surface area contributed by atoms with Crippen molar-refractivity contribution < 1.29 is 14.3 Å². The lowest BCUT2D eigenvalue weighted by Gasteiger charge is -2.13. The van der Waals surface area contributed by atoms with Crippen molar-refractivity contribution in [2.45, 2.75) is 6.54 Å². The normalized spacial score (nSPS) is 10.3. The SMILES string of the molecule is COc1ccc(-n2nc(C(=O)NCc3cccnc3)c(=O)cc2OC)cc1. The Morgan fingerprint density at radius 3 is 2.56 bits per heavy atom. The molecule has 0 bridgehead atoms. The zero-order valence-corrected chi connectivity index (χ0v) is 14.9. The van der Waals surface area contributed by atoms with Crippen molar-refractivity contribution in [3.63, 3.8) is 0 Å². The van der Waals surface area contributed by atoms with E-state index in [2.05, 4.69) is 15.4 Å². The van der Waals surface area contributed by atoms with Crippen LogP contribution in [0.2, 0.25) is 0 Å². The van der Waals surface area contributed by atoms with Crippen LogP contribution in [0.1, 0.15) is 16.1 Å². The van der Waals surface area contributed by atoms with E-state index in [-0.39, 0.29) is 18.1 Å². The van der Waals surface area contributed by atoms with Crippen molar-refractivity contribution in [2.24, 2.45) is 0 Å². The minimum Gasteiger partial charge on any atom is -0.497 e. The number of nitrogens with zero attached hydrogens (tertiary/aromatic N) is 3. The molecule has 0 fully saturated rings. The predicted octanol–water partition coefficient (Wildman–Crippen LogP) is 1.57. The van der Waals surface area contributed by atoms with Crippen molar-refractivity contribution >= 4 is 5.91 Å². The standard InChI is InChI=1S/C19H18N4O4/c1-26-15-7-5-14(6-8-15)23-17(27-2)10-16(24)18(22-23)19(25)21-12-13-4-3-9-20-11-13/h3-11H,12H2,1-2H3,(H,21,25). The summed E-state index contributed by atoms with van der Waals surface area (Å²) < 4.78 is 11.8. The fraction of sp³-hybridized carbons (Fsp3) is 0.158. The molecule has 27 heavy (non-hydrogen) atoms. The lowest BCUT2D eigenvalue weighted by molar-refractivity contribution is 0.0942. The van der Waals surface area contributed by atoms with Crippen molar-refractivity contribution in [3.8, 4) is 17.3 Å². The molecule has 0 aliphatic carbocycles. The van der Waals surface area contributed by atoms with Crippen LogP contribution in [0.25, 0.3) is 5.69 Å². The van der Waals surface area contributed by atoms with Gasteiger partial charge < -0.3 is 14.8 Å². The van der Waals surface area contributed by atoms with Crippen LogP contribution in [0.3, 0.4) is 0 Å². The Morgan fingerprint density at radius 2 is 1.93 bits per heavy atom. The van der Waals surface area contributed by atoms with Crippen molar-refractivity contribution in [2.75, 3.05) is 14.2 Å². The Hall–Kier alpha value is -3.68. The van der Waals surface area contributed by atoms with E-state index in [1.54, 1.807) is 49.8 Å². The van der Waals surface area contributed by atoms with E-state index in [0.717, 1.165) is 5.56 Å². The van der Waals surface area contributed by atoms with E-state index < -0.39 is 11.3 Å². The number of ether oxygens (including phenoxy) is 2. The average Bonchev–Trinajstić information content (AvgIpc) is 2.72. The summed E-state index contributed by atoms with van der Waals surface area (Å²) in [7, 11) is 3.00. The van der Waals surface area contributed by atoms with E-state index >= 15 is 0 Å². The summed E-state index contributed by atoms with van der Waals surface area (Å²) in [5.74, 6) is 0.316. The maximum absolute atomic E-state index is 12.5. The molecule has 0 spiro atoms. The molecule has 0 aliphatic heterocycles. The number of hydrogen-bond acceptors (Lipinski definition) is 6. The third-order valence-corrected chi connectivity index (χ3v) is 3.81. The molecule has 2 aromatic heterocycles. The summed E-state index contributed by atoms with van der Waals surface area (Å²) in [6.07, 6.45) is 3.28. The molecule has 2 heterocycles. The zero-order valence-electron chi connectivity index (χ0n) is 14.9. The Balaban J connectivity index is 1.91. The first-order chi connectivity index (χ1) is 13.1. The maximum Gasteiger partial charge on any atom is 0.276 e. The highest BCUT2D eigenvalue weighted by Crippen LogP contribution is 2.18. The van der Waals surface area contributed by atoms with Gasteiger partial charge in [0.15, 0.2) is 5.69 Å². The minimum atomic E-state index is -0.575. The second-order valence-electron chi connectivity index (χ2n) is 5.55. The lowest BCUT2D eigenvalue weighted by atomic mass is 10.2. The number of benzene rings is 1. The Kier molecular flexibility index (Phi) is 5.46. The van der Waals surface area contributed by atoms with Crippen LogP contribution in [-0.2, 0) is 6.54 Å². The Morgan fingerprint density at radius 1 is 1.15 bits per heavy atom. The molecule has 0 radical (unpaired) electrons. The number of aromatic nitrogens is 3. The average molecular weight is 366 g/mol. The quantitative estimate of drug-likeness (QED) is 0.712. The van der Waals surface area contributed by atoms with Crippen molar-refractivity contribution in [1.29, 1.82) is 0 Å². The number of hydrogen-bond donors (Lipinski definition) is 1. The molecule has 1 aromatic carbocycles. The van der Waals surface area contributed by atoms with Gasteiger partial charge in [-0.05, 0) is 35.9 Å². The van der Waals surface area contributed by atoms with Gasteiger partial charge in [-0.3, -0.25) is 14.6 Å². The van der Waals surface area contributed by atoms with Gasteiger partial charge in [-0.25, -0.2) is 4.68 Å². The summed E-state index contributed by atoms with van der Waals surface area (Å²) in [4.78, 5) is 28.7. The summed E-state index contributed by atoms with van der Waals surface area (Å²) in [6.45, 7) is 0.238. The monoisotopic (exact) mass is 366 g/mol. The van der Waals surface area contributed by atoms with Gasteiger partial charge in [0, 0.05) is 18.9 Å². The molecule has 0 unspecified atom stereocenters. The third-order valence-electron chi connectivity index (χ3n) is 3.81. The van der Waals surface area contributed by atoms with Crippen LogP contribution in [0.4, 0.5) is 0 Å². The first-order valence-corrected chi connectivity index (χ1v) is 8.12. The zero-order chi connectivity index (χ0) is 19.2. The molecule has 138 valence electrons. The number of amides is 1. The number of methoxy groups -OCH3 is 2. The maximum atomic E-state index is 12.5. The second-order valence-corrected chi connectivity index (χ2v) is 5.55. The van der Waals surface area contributed by atoms with Crippen LogP contribution in [0, 0.1) is 0 Å². The van der Waals surface area contributed by atoms with Gasteiger partial charge in [0.1, 0.15) is 5.75 Å². The van der Waals surface area contributed by atoms with E-state index in [1.807, 2.05) is 6.07 Å². The molecular formula is C19H18N4O4. The first-order valence-electron chi connectivity index (χ1n) is 8.12. The highest BCUT2D eigenvalue weighted by Gasteiger charge is 2.17. The van der Waals surface area contributed by atoms with Gasteiger partial charge in [-0.15, -0.1) is 0 Å². The molecule has 8 nitrogen and oxygen atoms in total. The number of carbonyl (C=O) groups excluding carboxylic acids is 1. The molecule has 8 heteroatoms. The van der Waals surface area contributed by atoms with Crippen LogP contribution in [0.15, 0.2) is 59.7 Å². The fourth-order valence-corrected chi connectivity index (χ4v) is 2.42. The summed E-state index contributed by atoms with van der Waals surface area (Å²) in [5.41, 5.74) is 0.680. The molecule has 0 saturated carbocycles. The molecule has 1 amide bonds. The van der Waals surface area contributed by atoms with Gasteiger partial charge in [0.05, 0.1) is 26.0 Å². The van der Waals surface area contributed by atoms with E-state index in [1.165, 1.54) is 17.9 Å². The molecular weight excluding hydrogens is 348 g/mol. The van der Waals surface area contributed by atoms with Gasteiger partial charge in [-0.1, -0.05) is 6.07 Å². The molecule has 1 N–H and O–H groups in total. The predicted molar refractivity (Wildman–Crippen MR) is 98.3 cm³/mol. The Labute approximate surface area is 155 Å². The van der Waals surface area contributed by atoms with Crippen molar-refractivity contribution in [3.05, 3.63) is 76.3 Å². The fourth-order valence-electron chi connectivity index (χ4n) is 2.42. The van der Waals surface area contributed by atoms with Crippen LogP contribution in [-0.4, -0.2) is 34.9 Å². The number of carbonyl (C=O) groups is 1. The van der Waals surface area contributed by atoms with Gasteiger partial charge in [0.2, 0.25) is 11.3 Å². The summed E-state index contributed by atoms with van der Waals surface area (Å²) >= 11 is 0.